The van der Waals surface area contributed by atoms with E-state index in [0.717, 1.165) is 60.0 Å². The fourth-order valence-corrected chi connectivity index (χ4v) is 5.18. The molecule has 6 nitrogen and oxygen atoms in total. The molecule has 1 aliphatic carbocycles. The summed E-state index contributed by atoms with van der Waals surface area (Å²) in [5, 5.41) is 7.85. The lowest BCUT2D eigenvalue weighted by molar-refractivity contribution is 0.102. The monoisotopic (exact) mass is 487 g/mol. The van der Waals surface area contributed by atoms with E-state index in [1.54, 1.807) is 12.1 Å². The number of nitrogens with one attached hydrogen (secondary N) is 2. The number of anilines is 1. The number of carbonyl (C=O) groups excluding carboxylic acids is 1. The Morgan fingerprint density at radius 3 is 2.64 bits per heavy atom. The molecule has 2 aliphatic rings. The van der Waals surface area contributed by atoms with Crippen LogP contribution in [0, 0.1) is 18.8 Å². The van der Waals surface area contributed by atoms with Crippen LogP contribution in [0.2, 0.25) is 0 Å². The number of hydrogen-bond acceptors (Lipinski definition) is 5. The van der Waals surface area contributed by atoms with E-state index < -0.39 is 0 Å². The van der Waals surface area contributed by atoms with E-state index >= 15 is 0 Å². The SMILES string of the molecule is Cc1c(NC(=O)c2ccc(OCC3CCOC3)cc2)ccc2cc(CNC3CCC(C)CC3)cnc12. The van der Waals surface area contributed by atoms with Crippen molar-refractivity contribution in [1.29, 1.82) is 0 Å². The van der Waals surface area contributed by atoms with Crippen molar-refractivity contribution in [3.05, 3.63) is 65.4 Å². The number of nitrogens with zero attached hydrogens (tertiary/aromatic N) is 1. The molecule has 1 unspecified atom stereocenters. The second kappa shape index (κ2) is 11.4. The fourth-order valence-electron chi connectivity index (χ4n) is 5.18. The lowest BCUT2D eigenvalue weighted by atomic mass is 9.87. The van der Waals surface area contributed by atoms with Gasteiger partial charge in [-0.2, -0.15) is 0 Å². The minimum absolute atomic E-state index is 0.143. The van der Waals surface area contributed by atoms with Crippen molar-refractivity contribution in [2.45, 2.75) is 58.5 Å². The molecule has 1 aromatic heterocycles. The van der Waals surface area contributed by atoms with Crippen molar-refractivity contribution in [3.8, 4) is 5.75 Å². The summed E-state index contributed by atoms with van der Waals surface area (Å²) in [6.07, 6.45) is 8.14. The molecular formula is C30H37N3O3. The summed E-state index contributed by atoms with van der Waals surface area (Å²) in [5.74, 6) is 1.94. The largest absolute Gasteiger partial charge is 0.493 e. The Balaban J connectivity index is 1.19. The third kappa shape index (κ3) is 6.05. The van der Waals surface area contributed by atoms with Crippen LogP contribution in [0.15, 0.2) is 48.7 Å². The third-order valence-electron chi connectivity index (χ3n) is 7.65. The van der Waals surface area contributed by atoms with Crippen molar-refractivity contribution in [1.82, 2.24) is 10.3 Å². The molecular weight excluding hydrogens is 450 g/mol. The number of hydrogen-bond donors (Lipinski definition) is 2. The molecule has 190 valence electrons. The summed E-state index contributed by atoms with van der Waals surface area (Å²) < 4.78 is 11.2. The fraction of sp³-hybridized carbons (Fsp3) is 0.467. The molecule has 1 amide bonds. The van der Waals surface area contributed by atoms with Crippen molar-refractivity contribution in [3.63, 3.8) is 0 Å². The number of rotatable bonds is 8. The molecule has 2 fully saturated rings. The first kappa shape index (κ1) is 24.7. The zero-order valence-corrected chi connectivity index (χ0v) is 21.4. The van der Waals surface area contributed by atoms with E-state index in [0.29, 0.717) is 24.1 Å². The lowest BCUT2D eigenvalue weighted by Gasteiger charge is -2.27. The molecule has 2 heterocycles. The van der Waals surface area contributed by atoms with Crippen molar-refractivity contribution >= 4 is 22.5 Å². The predicted molar refractivity (Wildman–Crippen MR) is 144 cm³/mol. The van der Waals surface area contributed by atoms with Gasteiger partial charge in [-0.15, -0.1) is 0 Å². The molecule has 0 radical (unpaired) electrons. The van der Waals surface area contributed by atoms with Gasteiger partial charge >= 0.3 is 0 Å². The highest BCUT2D eigenvalue weighted by atomic mass is 16.5. The Bertz CT molecular complexity index is 1180. The number of carbonyl (C=O) groups is 1. The van der Waals surface area contributed by atoms with E-state index in [-0.39, 0.29) is 5.91 Å². The van der Waals surface area contributed by atoms with E-state index in [2.05, 4.69) is 23.6 Å². The normalized spacial score (nSPS) is 22.0. The summed E-state index contributed by atoms with van der Waals surface area (Å²) in [5.41, 5.74) is 4.46. The number of aromatic nitrogens is 1. The first-order valence-corrected chi connectivity index (χ1v) is 13.3. The second-order valence-corrected chi connectivity index (χ2v) is 10.5. The molecule has 1 saturated heterocycles. The van der Waals surface area contributed by atoms with Crippen LogP contribution in [0.25, 0.3) is 10.9 Å². The molecule has 2 aromatic carbocycles. The molecule has 1 saturated carbocycles. The van der Waals surface area contributed by atoms with Crippen LogP contribution < -0.4 is 15.4 Å². The first-order valence-electron chi connectivity index (χ1n) is 13.3. The van der Waals surface area contributed by atoms with Crippen LogP contribution in [-0.2, 0) is 11.3 Å². The average molecular weight is 488 g/mol. The number of fused-ring (bicyclic) bond motifs is 1. The second-order valence-electron chi connectivity index (χ2n) is 10.5. The number of benzene rings is 2. The van der Waals surface area contributed by atoms with E-state index in [1.165, 1.54) is 31.2 Å². The number of pyridine rings is 1. The number of aryl methyl sites for hydroxylation is 1. The highest BCUT2D eigenvalue weighted by molar-refractivity contribution is 6.06. The average Bonchev–Trinajstić information content (AvgIpc) is 3.43. The van der Waals surface area contributed by atoms with E-state index in [4.69, 9.17) is 14.5 Å². The minimum Gasteiger partial charge on any atom is -0.493 e. The molecule has 5 rings (SSSR count). The van der Waals surface area contributed by atoms with Gasteiger partial charge in [-0.25, -0.2) is 0 Å². The Morgan fingerprint density at radius 1 is 1.08 bits per heavy atom. The van der Waals surface area contributed by atoms with E-state index in [1.807, 2.05) is 37.4 Å². The summed E-state index contributed by atoms with van der Waals surface area (Å²) >= 11 is 0. The van der Waals surface area contributed by atoms with Gasteiger partial charge in [-0.05, 0) is 92.5 Å². The number of ether oxygens (including phenoxy) is 2. The van der Waals surface area contributed by atoms with Gasteiger partial charge in [0.1, 0.15) is 5.75 Å². The van der Waals surface area contributed by atoms with Crippen LogP contribution in [0.1, 0.15) is 60.5 Å². The molecule has 0 spiro atoms. The molecule has 1 aliphatic heterocycles. The highest BCUT2D eigenvalue weighted by Crippen LogP contribution is 2.27. The predicted octanol–water partition coefficient (Wildman–Crippen LogP) is 5.88. The molecule has 1 atom stereocenters. The van der Waals surface area contributed by atoms with Gasteiger partial charge in [0, 0.05) is 47.9 Å². The van der Waals surface area contributed by atoms with Crippen LogP contribution in [-0.4, -0.2) is 36.8 Å². The molecule has 2 N–H and O–H groups in total. The maximum atomic E-state index is 12.9. The van der Waals surface area contributed by atoms with Crippen LogP contribution in [0.4, 0.5) is 5.69 Å². The van der Waals surface area contributed by atoms with Crippen molar-refractivity contribution < 1.29 is 14.3 Å². The minimum atomic E-state index is -0.143. The maximum absolute atomic E-state index is 12.9. The first-order chi connectivity index (χ1) is 17.5. The van der Waals surface area contributed by atoms with Crippen LogP contribution >= 0.6 is 0 Å². The zero-order chi connectivity index (χ0) is 24.9. The highest BCUT2D eigenvalue weighted by Gasteiger charge is 2.18. The van der Waals surface area contributed by atoms with Crippen LogP contribution in [0.3, 0.4) is 0 Å². The Morgan fingerprint density at radius 2 is 1.89 bits per heavy atom. The lowest BCUT2D eigenvalue weighted by Crippen LogP contribution is -2.32. The van der Waals surface area contributed by atoms with Gasteiger partial charge < -0.3 is 20.1 Å². The van der Waals surface area contributed by atoms with Gasteiger partial charge in [-0.1, -0.05) is 13.0 Å². The standard InChI is InChI=1S/C30H37N3O3/c1-20-3-8-26(9-4-20)31-16-23-15-25-7-12-28(21(2)29(25)32-17-23)33-30(34)24-5-10-27(11-6-24)36-19-22-13-14-35-18-22/h5-7,10-12,15,17,20,22,26,31H,3-4,8-9,13-14,16,18-19H2,1-2H3,(H,33,34). The molecule has 3 aromatic rings. The molecule has 6 heteroatoms. The molecule has 36 heavy (non-hydrogen) atoms. The molecule has 0 bridgehead atoms. The van der Waals surface area contributed by atoms with E-state index in [9.17, 15) is 4.79 Å². The summed E-state index contributed by atoms with van der Waals surface area (Å²) in [7, 11) is 0. The van der Waals surface area contributed by atoms with Gasteiger partial charge in [-0.3, -0.25) is 9.78 Å². The van der Waals surface area contributed by atoms with Crippen molar-refractivity contribution in [2.24, 2.45) is 11.8 Å². The van der Waals surface area contributed by atoms with Gasteiger partial charge in [0.05, 0.1) is 18.7 Å². The third-order valence-corrected chi connectivity index (χ3v) is 7.65. The summed E-state index contributed by atoms with van der Waals surface area (Å²) in [4.78, 5) is 17.6. The summed E-state index contributed by atoms with van der Waals surface area (Å²) in [6, 6.07) is 14.1. The van der Waals surface area contributed by atoms with Gasteiger partial charge in [0.25, 0.3) is 5.91 Å². The topological polar surface area (TPSA) is 72.5 Å². The quantitative estimate of drug-likeness (QED) is 0.415. The zero-order valence-electron chi connectivity index (χ0n) is 21.4. The van der Waals surface area contributed by atoms with Crippen LogP contribution in [0.5, 0.6) is 5.75 Å². The summed E-state index contributed by atoms with van der Waals surface area (Å²) in [6.45, 7) is 7.42. The Kier molecular flexibility index (Phi) is 7.83. The van der Waals surface area contributed by atoms with Gasteiger partial charge in [0.15, 0.2) is 0 Å². The maximum Gasteiger partial charge on any atom is 0.255 e. The Labute approximate surface area is 213 Å². The van der Waals surface area contributed by atoms with Crippen molar-refractivity contribution in [2.75, 3.05) is 25.1 Å². The number of amides is 1. The Hall–Kier alpha value is -2.96. The smallest absolute Gasteiger partial charge is 0.255 e. The van der Waals surface area contributed by atoms with Gasteiger partial charge in [0.2, 0.25) is 0 Å².